The lowest BCUT2D eigenvalue weighted by Gasteiger charge is -2.32. The zero-order valence-electron chi connectivity index (χ0n) is 22.0. The average molecular weight is 523 g/mol. The van der Waals surface area contributed by atoms with Gasteiger partial charge in [0, 0.05) is 68.1 Å². The first-order valence-corrected chi connectivity index (χ1v) is 12.8. The Bertz CT molecular complexity index is 1440. The van der Waals surface area contributed by atoms with Gasteiger partial charge in [0.1, 0.15) is 0 Å². The molecule has 1 fully saturated rings. The minimum absolute atomic E-state index is 0.341. The van der Waals surface area contributed by atoms with E-state index in [9.17, 15) is 9.70 Å². The van der Waals surface area contributed by atoms with Crippen molar-refractivity contribution in [2.24, 2.45) is 5.29 Å². The van der Waals surface area contributed by atoms with E-state index in [-0.39, 0.29) is 0 Å². The van der Waals surface area contributed by atoms with Gasteiger partial charge >= 0.3 is 0 Å². The zero-order valence-corrected chi connectivity index (χ0v) is 22.0. The molecule has 0 radical (unpaired) electrons. The van der Waals surface area contributed by atoms with Crippen LogP contribution in [0.2, 0.25) is 0 Å². The monoisotopic (exact) mass is 522 g/mol. The number of aromatic nitrogens is 3. The molecule has 0 unspecified atom stereocenters. The van der Waals surface area contributed by atoms with Gasteiger partial charge in [-0.1, -0.05) is 18.2 Å². The number of carbonyl (C=O) groups excluding carboxylic acids is 1. The number of benzene rings is 2. The first kappa shape index (κ1) is 26.1. The molecule has 10 heteroatoms. The number of nitroso groups, excluding NO2 is 1. The zero-order chi connectivity index (χ0) is 27.2. The highest BCUT2D eigenvalue weighted by Crippen LogP contribution is 2.27. The number of nitrogens with one attached hydrogen (secondary N) is 1. The van der Waals surface area contributed by atoms with Gasteiger partial charge < -0.3 is 10.2 Å². The molecule has 1 saturated heterocycles. The first-order chi connectivity index (χ1) is 19.0. The molecule has 39 heavy (non-hydrogen) atoms. The molecule has 0 bridgehead atoms. The van der Waals surface area contributed by atoms with E-state index in [2.05, 4.69) is 42.4 Å². The van der Waals surface area contributed by atoms with Crippen LogP contribution in [0.4, 0.5) is 17.3 Å². The molecule has 4 aromatic rings. The van der Waals surface area contributed by atoms with E-state index in [4.69, 9.17) is 0 Å². The number of piperazine rings is 1. The number of likely N-dealkylation sites (N-methyl/N-ethyl adjacent to an activating group) is 1. The Labute approximate surface area is 227 Å². The van der Waals surface area contributed by atoms with Crippen molar-refractivity contribution in [2.75, 3.05) is 43.6 Å². The largest absolute Gasteiger partial charge is 0.324 e. The Kier molecular flexibility index (Phi) is 7.95. The molecule has 2 aromatic carbocycles. The molecule has 5 rings (SSSR count). The number of aryl methyl sites for hydroxylation is 1. The normalized spacial score (nSPS) is 14.1. The maximum Gasteiger partial charge on any atom is 0.281 e. The number of pyridine rings is 1. The van der Waals surface area contributed by atoms with E-state index in [1.54, 1.807) is 48.9 Å². The van der Waals surface area contributed by atoms with E-state index in [1.807, 2.05) is 37.3 Å². The standard InChI is InChI=1S/C29H30N8O2/c1-21-5-10-25(18-27(21)33-29-31-13-11-26(32-29)24-4-3-12-30-19-24)37(34-39)28(38)23-8-6-22(7-9-23)20-36-16-14-35(2)15-17-36/h3-13,18-19H,14-17,20H2,1-2H3,(H,31,32,33). The van der Waals surface area contributed by atoms with Gasteiger partial charge in [0.2, 0.25) is 5.95 Å². The van der Waals surface area contributed by atoms with Crippen LogP contribution >= 0.6 is 0 Å². The molecule has 3 heterocycles. The fourth-order valence-electron chi connectivity index (χ4n) is 4.43. The molecule has 0 atom stereocenters. The third kappa shape index (κ3) is 6.31. The summed E-state index contributed by atoms with van der Waals surface area (Å²) in [5, 5.41) is 7.11. The van der Waals surface area contributed by atoms with E-state index in [1.165, 1.54) is 0 Å². The van der Waals surface area contributed by atoms with Gasteiger partial charge in [-0.2, -0.15) is 5.01 Å². The van der Waals surface area contributed by atoms with Gasteiger partial charge in [-0.3, -0.25) is 14.7 Å². The fraction of sp³-hybridized carbons (Fsp3) is 0.241. The lowest BCUT2D eigenvalue weighted by atomic mass is 10.1. The molecular formula is C29H30N8O2. The van der Waals surface area contributed by atoms with Crippen LogP contribution in [0, 0.1) is 11.8 Å². The maximum absolute atomic E-state index is 13.2. The van der Waals surface area contributed by atoms with Crippen LogP contribution in [-0.4, -0.2) is 63.9 Å². The molecule has 0 aliphatic carbocycles. The second-order valence-electron chi connectivity index (χ2n) is 9.61. The number of anilines is 3. The Balaban J connectivity index is 1.31. The lowest BCUT2D eigenvalue weighted by molar-refractivity contribution is 0.0987. The number of nitrogens with zero attached hydrogens (tertiary/aromatic N) is 7. The molecule has 2 aromatic heterocycles. The smallest absolute Gasteiger partial charge is 0.281 e. The molecule has 1 N–H and O–H groups in total. The van der Waals surface area contributed by atoms with Crippen molar-refractivity contribution >= 4 is 23.2 Å². The number of hydrogen-bond donors (Lipinski definition) is 1. The van der Waals surface area contributed by atoms with Crippen molar-refractivity contribution in [2.45, 2.75) is 13.5 Å². The molecule has 10 nitrogen and oxygen atoms in total. The van der Waals surface area contributed by atoms with Gasteiger partial charge in [-0.05, 0) is 67.6 Å². The van der Waals surface area contributed by atoms with Gasteiger partial charge in [-0.15, -0.1) is 4.91 Å². The Morgan fingerprint density at radius 3 is 2.54 bits per heavy atom. The molecule has 198 valence electrons. The van der Waals surface area contributed by atoms with Crippen LogP contribution in [0.5, 0.6) is 0 Å². The van der Waals surface area contributed by atoms with Crippen LogP contribution in [-0.2, 0) is 6.54 Å². The highest BCUT2D eigenvalue weighted by molar-refractivity contribution is 6.05. The van der Waals surface area contributed by atoms with Crippen LogP contribution < -0.4 is 10.3 Å². The third-order valence-corrected chi connectivity index (χ3v) is 6.80. The predicted octanol–water partition coefficient (Wildman–Crippen LogP) is 4.67. The average Bonchev–Trinajstić information content (AvgIpc) is 2.97. The predicted molar refractivity (Wildman–Crippen MR) is 152 cm³/mol. The van der Waals surface area contributed by atoms with Crippen molar-refractivity contribution in [1.82, 2.24) is 24.8 Å². The summed E-state index contributed by atoms with van der Waals surface area (Å²) in [5.74, 6) is -0.120. The highest BCUT2D eigenvalue weighted by atomic mass is 16.3. The second kappa shape index (κ2) is 11.9. The Morgan fingerprint density at radius 1 is 1.03 bits per heavy atom. The summed E-state index contributed by atoms with van der Waals surface area (Å²) in [5.41, 5.74) is 4.98. The van der Waals surface area contributed by atoms with E-state index < -0.39 is 5.91 Å². The summed E-state index contributed by atoms with van der Waals surface area (Å²) in [7, 11) is 2.13. The molecule has 1 aliphatic heterocycles. The van der Waals surface area contributed by atoms with Gasteiger partial charge in [0.05, 0.1) is 16.7 Å². The Morgan fingerprint density at radius 2 is 1.82 bits per heavy atom. The molecule has 1 amide bonds. The van der Waals surface area contributed by atoms with E-state index in [0.29, 0.717) is 22.9 Å². The summed E-state index contributed by atoms with van der Waals surface area (Å²) < 4.78 is 0. The summed E-state index contributed by atoms with van der Waals surface area (Å²) >= 11 is 0. The third-order valence-electron chi connectivity index (χ3n) is 6.80. The summed E-state index contributed by atoms with van der Waals surface area (Å²) in [6, 6.07) is 18.1. The van der Waals surface area contributed by atoms with Gasteiger partial charge in [-0.25, -0.2) is 9.97 Å². The number of rotatable bonds is 8. The minimum atomic E-state index is -0.499. The number of amides is 1. The van der Waals surface area contributed by atoms with E-state index >= 15 is 0 Å². The summed E-state index contributed by atoms with van der Waals surface area (Å²) in [6.45, 7) is 6.87. The van der Waals surface area contributed by atoms with E-state index in [0.717, 1.165) is 60.1 Å². The molecule has 0 saturated carbocycles. The van der Waals surface area contributed by atoms with Gasteiger partial charge in [0.15, 0.2) is 0 Å². The minimum Gasteiger partial charge on any atom is -0.324 e. The van der Waals surface area contributed by atoms with Crippen LogP contribution in [0.25, 0.3) is 11.3 Å². The van der Waals surface area contributed by atoms with Crippen LogP contribution in [0.3, 0.4) is 0 Å². The van der Waals surface area contributed by atoms with Gasteiger partial charge in [0.25, 0.3) is 5.91 Å². The lowest BCUT2D eigenvalue weighted by Crippen LogP contribution is -2.43. The topological polar surface area (TPSA) is 107 Å². The SMILES string of the molecule is Cc1ccc(N(N=O)C(=O)c2ccc(CN3CCN(C)CC3)cc2)cc1Nc1nccc(-c2cccnc2)n1. The number of hydrogen-bond acceptors (Lipinski definition) is 9. The number of carbonyl (C=O) groups is 1. The summed E-state index contributed by atoms with van der Waals surface area (Å²) in [6.07, 6.45) is 5.10. The van der Waals surface area contributed by atoms with Crippen molar-refractivity contribution in [1.29, 1.82) is 0 Å². The van der Waals surface area contributed by atoms with Crippen molar-refractivity contribution < 1.29 is 4.79 Å². The quantitative estimate of drug-likeness (QED) is 0.263. The van der Waals surface area contributed by atoms with Crippen LogP contribution in [0.15, 0.2) is 84.5 Å². The van der Waals surface area contributed by atoms with Crippen molar-refractivity contribution in [3.8, 4) is 11.3 Å². The summed E-state index contributed by atoms with van der Waals surface area (Å²) in [4.78, 5) is 42.8. The highest BCUT2D eigenvalue weighted by Gasteiger charge is 2.21. The van der Waals surface area contributed by atoms with Crippen molar-refractivity contribution in [3.63, 3.8) is 0 Å². The first-order valence-electron chi connectivity index (χ1n) is 12.8. The van der Waals surface area contributed by atoms with Crippen LogP contribution in [0.1, 0.15) is 21.5 Å². The van der Waals surface area contributed by atoms with Crippen molar-refractivity contribution in [3.05, 3.63) is 101 Å². The molecular weight excluding hydrogens is 492 g/mol. The molecule has 1 aliphatic rings. The molecule has 0 spiro atoms. The maximum atomic E-state index is 13.2. The Hall–Kier alpha value is -4.54. The fourth-order valence-corrected chi connectivity index (χ4v) is 4.43. The second-order valence-corrected chi connectivity index (χ2v) is 9.61.